The van der Waals surface area contributed by atoms with Crippen LogP contribution in [-0.4, -0.2) is 30.0 Å². The minimum Gasteiger partial charge on any atom is -0.416 e. The summed E-state index contributed by atoms with van der Waals surface area (Å²) in [5.74, 6) is 0.943. The molecule has 1 aromatic carbocycles. The number of fused-ring (bicyclic) bond motifs is 1. The molecule has 2 N–H and O–H groups in total. The minimum absolute atomic E-state index is 0.0482. The molecule has 4 nitrogen and oxygen atoms in total. The van der Waals surface area contributed by atoms with Gasteiger partial charge in [-0.15, -0.1) is 0 Å². The van der Waals surface area contributed by atoms with Gasteiger partial charge in [-0.2, -0.15) is 0 Å². The van der Waals surface area contributed by atoms with E-state index < -0.39 is 8.32 Å². The van der Waals surface area contributed by atoms with E-state index in [1.807, 2.05) is 18.2 Å². The van der Waals surface area contributed by atoms with E-state index in [0.29, 0.717) is 6.61 Å². The number of aromatic nitrogens is 2. The van der Waals surface area contributed by atoms with Crippen molar-refractivity contribution in [3.8, 4) is 0 Å². The number of imidazole rings is 1. The first kappa shape index (κ1) is 16.2. The zero-order valence-corrected chi connectivity index (χ0v) is 14.7. The fourth-order valence-corrected chi connectivity index (χ4v) is 2.99. The Labute approximate surface area is 127 Å². The van der Waals surface area contributed by atoms with Gasteiger partial charge in [-0.1, -0.05) is 26.8 Å². The van der Waals surface area contributed by atoms with Gasteiger partial charge in [-0.05, 0) is 35.8 Å². The molecular weight excluding hydrogens is 280 g/mol. The quantitative estimate of drug-likeness (QED) is 0.830. The minimum atomic E-state index is -1.69. The maximum Gasteiger partial charge on any atom is 0.191 e. The molecule has 21 heavy (non-hydrogen) atoms. The molecular formula is C16H26N2O2Si. The Morgan fingerprint density at radius 1 is 1.29 bits per heavy atom. The first-order valence-electron chi connectivity index (χ1n) is 7.45. The Bertz CT molecular complexity index is 614. The van der Waals surface area contributed by atoms with Crippen LogP contribution in [0.5, 0.6) is 0 Å². The smallest absolute Gasteiger partial charge is 0.191 e. The lowest BCUT2D eigenvalue weighted by atomic mass is 10.2. The van der Waals surface area contributed by atoms with Crippen molar-refractivity contribution in [1.82, 2.24) is 9.97 Å². The summed E-state index contributed by atoms with van der Waals surface area (Å²) in [5.41, 5.74) is 2.80. The van der Waals surface area contributed by atoms with Crippen LogP contribution in [-0.2, 0) is 17.5 Å². The molecule has 0 saturated carbocycles. The van der Waals surface area contributed by atoms with Crippen LogP contribution in [0.2, 0.25) is 18.1 Å². The van der Waals surface area contributed by atoms with Crippen molar-refractivity contribution in [3.63, 3.8) is 0 Å². The number of H-pyrrole nitrogens is 1. The zero-order chi connectivity index (χ0) is 15.7. The van der Waals surface area contributed by atoms with Crippen LogP contribution in [0.1, 0.15) is 32.2 Å². The molecule has 2 rings (SSSR count). The lowest BCUT2D eigenvalue weighted by Crippen LogP contribution is -2.41. The molecule has 116 valence electrons. The molecule has 0 unspecified atom stereocenters. The van der Waals surface area contributed by atoms with Gasteiger partial charge in [0.05, 0.1) is 17.6 Å². The third-order valence-corrected chi connectivity index (χ3v) is 8.93. The lowest BCUT2D eigenvalue weighted by molar-refractivity contribution is 0.282. The average molecular weight is 306 g/mol. The third kappa shape index (κ3) is 3.73. The van der Waals surface area contributed by atoms with Crippen molar-refractivity contribution in [3.05, 3.63) is 29.6 Å². The second-order valence-electron chi connectivity index (χ2n) is 7.05. The summed E-state index contributed by atoms with van der Waals surface area (Å²) in [5, 5.41) is 9.39. The predicted octanol–water partition coefficient (Wildman–Crippen LogP) is 3.62. The van der Waals surface area contributed by atoms with Crippen LogP contribution in [0.25, 0.3) is 11.0 Å². The number of nitrogens with one attached hydrogen (secondary N) is 1. The van der Waals surface area contributed by atoms with Gasteiger partial charge in [0, 0.05) is 13.0 Å². The molecule has 5 heteroatoms. The van der Waals surface area contributed by atoms with E-state index in [1.54, 1.807) is 0 Å². The van der Waals surface area contributed by atoms with Crippen LogP contribution in [0.4, 0.5) is 0 Å². The first-order chi connectivity index (χ1) is 9.73. The van der Waals surface area contributed by atoms with Gasteiger partial charge in [-0.3, -0.25) is 0 Å². The van der Waals surface area contributed by atoms with E-state index >= 15 is 0 Å². The zero-order valence-electron chi connectivity index (χ0n) is 13.7. The van der Waals surface area contributed by atoms with Crippen molar-refractivity contribution >= 4 is 19.4 Å². The molecule has 1 heterocycles. The van der Waals surface area contributed by atoms with E-state index in [-0.39, 0.29) is 11.6 Å². The molecule has 0 atom stereocenters. The molecule has 0 radical (unpaired) electrons. The summed E-state index contributed by atoms with van der Waals surface area (Å²) in [6, 6.07) is 5.80. The predicted molar refractivity (Wildman–Crippen MR) is 88.9 cm³/mol. The van der Waals surface area contributed by atoms with Crippen molar-refractivity contribution in [1.29, 1.82) is 0 Å². The fourth-order valence-electron chi connectivity index (χ4n) is 1.94. The van der Waals surface area contributed by atoms with Crippen molar-refractivity contribution in [2.45, 2.75) is 51.9 Å². The highest BCUT2D eigenvalue weighted by Crippen LogP contribution is 2.36. The van der Waals surface area contributed by atoms with Gasteiger partial charge in [0.1, 0.15) is 5.82 Å². The van der Waals surface area contributed by atoms with Crippen LogP contribution >= 0.6 is 0 Å². The van der Waals surface area contributed by atoms with Gasteiger partial charge in [0.15, 0.2) is 8.32 Å². The third-order valence-electron chi connectivity index (χ3n) is 4.39. The van der Waals surface area contributed by atoms with Crippen molar-refractivity contribution < 1.29 is 9.53 Å². The summed E-state index contributed by atoms with van der Waals surface area (Å²) in [4.78, 5) is 7.89. The summed E-state index contributed by atoms with van der Waals surface area (Å²) in [6.45, 7) is 12.0. The Morgan fingerprint density at radius 3 is 2.62 bits per heavy atom. The molecule has 0 aliphatic carbocycles. The lowest BCUT2D eigenvalue weighted by Gasteiger charge is -2.36. The molecule has 2 aromatic rings. The highest BCUT2D eigenvalue weighted by Gasteiger charge is 2.36. The second kappa shape index (κ2) is 5.91. The standard InChI is InChI=1S/C16H26N2O2Si/c1-16(2,3)21(4,5)20-9-8-15-17-13-7-6-12(11-19)10-14(13)18-15/h6-7,10,19H,8-9,11H2,1-5H3,(H,17,18). The summed E-state index contributed by atoms with van der Waals surface area (Å²) in [7, 11) is -1.69. The number of aliphatic hydroxyl groups is 1. The second-order valence-corrected chi connectivity index (χ2v) is 11.9. The molecule has 0 aliphatic heterocycles. The molecule has 0 amide bonds. The van der Waals surface area contributed by atoms with Gasteiger partial charge >= 0.3 is 0 Å². The maximum absolute atomic E-state index is 9.16. The van der Waals surface area contributed by atoms with E-state index in [4.69, 9.17) is 9.53 Å². The van der Waals surface area contributed by atoms with Crippen LogP contribution in [0.15, 0.2) is 18.2 Å². The number of hydrogen-bond donors (Lipinski definition) is 2. The number of benzene rings is 1. The molecule has 1 aromatic heterocycles. The Morgan fingerprint density at radius 2 is 2.00 bits per heavy atom. The molecule has 0 saturated heterocycles. The van der Waals surface area contributed by atoms with Crippen molar-refractivity contribution in [2.24, 2.45) is 0 Å². The molecule has 0 spiro atoms. The van der Waals surface area contributed by atoms with Crippen LogP contribution < -0.4 is 0 Å². The highest BCUT2D eigenvalue weighted by atomic mass is 28.4. The first-order valence-corrected chi connectivity index (χ1v) is 10.4. The van der Waals surface area contributed by atoms with Crippen LogP contribution in [0, 0.1) is 0 Å². The van der Waals surface area contributed by atoms with E-state index in [0.717, 1.165) is 28.8 Å². The van der Waals surface area contributed by atoms with E-state index in [2.05, 4.69) is 43.8 Å². The number of aliphatic hydroxyl groups excluding tert-OH is 1. The molecule has 0 aliphatic rings. The fraction of sp³-hybridized carbons (Fsp3) is 0.562. The van der Waals surface area contributed by atoms with Crippen LogP contribution in [0.3, 0.4) is 0 Å². The Balaban J connectivity index is 2.01. The number of aromatic amines is 1. The number of rotatable bonds is 5. The molecule has 0 fully saturated rings. The number of hydrogen-bond acceptors (Lipinski definition) is 3. The Kier molecular flexibility index (Phi) is 4.56. The average Bonchev–Trinajstić information content (AvgIpc) is 2.78. The topological polar surface area (TPSA) is 58.1 Å². The van der Waals surface area contributed by atoms with Crippen molar-refractivity contribution in [2.75, 3.05) is 6.61 Å². The number of nitrogens with zero attached hydrogens (tertiary/aromatic N) is 1. The Hall–Kier alpha value is -1.17. The molecule has 0 bridgehead atoms. The normalized spacial score (nSPS) is 13.0. The summed E-state index contributed by atoms with van der Waals surface area (Å²) >= 11 is 0. The highest BCUT2D eigenvalue weighted by molar-refractivity contribution is 6.74. The van der Waals surface area contributed by atoms with E-state index in [1.165, 1.54) is 0 Å². The largest absolute Gasteiger partial charge is 0.416 e. The van der Waals surface area contributed by atoms with Gasteiger partial charge < -0.3 is 14.5 Å². The summed E-state index contributed by atoms with van der Waals surface area (Å²) < 4.78 is 6.18. The van der Waals surface area contributed by atoms with Gasteiger partial charge in [-0.25, -0.2) is 4.98 Å². The van der Waals surface area contributed by atoms with Gasteiger partial charge in [0.25, 0.3) is 0 Å². The summed E-state index contributed by atoms with van der Waals surface area (Å²) in [6.07, 6.45) is 0.787. The monoisotopic (exact) mass is 306 g/mol. The van der Waals surface area contributed by atoms with E-state index in [9.17, 15) is 0 Å². The SMILES string of the molecule is CC(C)(C)[Si](C)(C)OCCc1nc2cc(CO)ccc2[nH]1. The maximum atomic E-state index is 9.16. The van der Waals surface area contributed by atoms with Gasteiger partial charge in [0.2, 0.25) is 0 Å².